The topological polar surface area (TPSA) is 154 Å². The summed E-state index contributed by atoms with van der Waals surface area (Å²) in [7, 11) is 0. The highest BCUT2D eigenvalue weighted by Crippen LogP contribution is 2.02. The van der Waals surface area contributed by atoms with Crippen LogP contribution >= 0.6 is 0 Å². The number of nitrogens with one attached hydrogen (secondary N) is 1. The zero-order chi connectivity index (χ0) is 26.6. The Morgan fingerprint density at radius 1 is 0.743 bits per heavy atom. The van der Waals surface area contributed by atoms with E-state index in [1.165, 1.54) is 20.8 Å². The molecule has 0 aliphatic carbocycles. The third kappa shape index (κ3) is 19.6. The van der Waals surface area contributed by atoms with Crippen molar-refractivity contribution in [3.05, 3.63) is 36.8 Å². The Morgan fingerprint density at radius 2 is 1.23 bits per heavy atom. The van der Waals surface area contributed by atoms with Gasteiger partial charge >= 0.3 is 24.0 Å². The van der Waals surface area contributed by atoms with Crippen LogP contribution in [0.25, 0.3) is 0 Å². The Labute approximate surface area is 203 Å². The molecule has 0 rings (SSSR count). The van der Waals surface area contributed by atoms with Gasteiger partial charge in [0.2, 0.25) is 0 Å². The summed E-state index contributed by atoms with van der Waals surface area (Å²) in [5, 5.41) is 2.41. The lowest BCUT2D eigenvalue weighted by atomic mass is 10.4. The van der Waals surface area contributed by atoms with Gasteiger partial charge in [0, 0.05) is 19.4 Å². The number of esters is 3. The maximum absolute atomic E-state index is 12.0. The third-order valence-electron chi connectivity index (χ3n) is 3.40. The minimum absolute atomic E-state index is 0.00442. The van der Waals surface area contributed by atoms with Crippen LogP contribution < -0.4 is 5.32 Å². The first-order valence-electron chi connectivity index (χ1n) is 10.3. The second-order valence-electron chi connectivity index (χ2n) is 6.77. The number of alkyl carbamates (subject to hydrolysis) is 1. The van der Waals surface area contributed by atoms with Gasteiger partial charge in [0.1, 0.15) is 31.3 Å². The zero-order valence-electron chi connectivity index (χ0n) is 20.3. The van der Waals surface area contributed by atoms with Crippen LogP contribution in [0, 0.1) is 0 Å². The quantitative estimate of drug-likeness (QED) is 0.0675. The number of hydrogen-bond donors (Lipinski definition) is 1. The van der Waals surface area contributed by atoms with E-state index in [1.807, 2.05) is 0 Å². The number of hydrogen-bond acceptors (Lipinski definition) is 12. The summed E-state index contributed by atoms with van der Waals surface area (Å²) >= 11 is 0. The number of amides is 1. The molecule has 198 valence electrons. The minimum Gasteiger partial charge on any atom is -0.469 e. The van der Waals surface area contributed by atoms with Crippen molar-refractivity contribution in [1.82, 2.24) is 5.32 Å². The summed E-state index contributed by atoms with van der Waals surface area (Å²) in [6, 6.07) is 0. The number of carbonyl (C=O) groups excluding carboxylic acids is 4. The summed E-state index contributed by atoms with van der Waals surface area (Å²) in [5.41, 5.74) is 0.234. The van der Waals surface area contributed by atoms with Crippen molar-refractivity contribution in [3.8, 4) is 0 Å². The van der Waals surface area contributed by atoms with Gasteiger partial charge in [-0.15, -0.1) is 0 Å². The summed E-state index contributed by atoms with van der Waals surface area (Å²) in [4.78, 5) is 44.9. The average molecular weight is 504 g/mol. The first-order valence-corrected chi connectivity index (χ1v) is 10.3. The molecule has 13 heteroatoms. The van der Waals surface area contributed by atoms with Crippen molar-refractivity contribution in [2.24, 2.45) is 0 Å². The highest BCUT2D eigenvalue weighted by atomic mass is 16.7. The van der Waals surface area contributed by atoms with Gasteiger partial charge in [-0.2, -0.15) is 0 Å². The molecule has 1 amide bonds. The van der Waals surface area contributed by atoms with Gasteiger partial charge in [-0.05, 0) is 6.92 Å². The lowest BCUT2D eigenvalue weighted by Crippen LogP contribution is -2.36. The third-order valence-corrected chi connectivity index (χ3v) is 3.40. The SMILES string of the molecule is C=C(COC(C)=O)OCOCC(COCOC(=C)COC(C)=O)OC(=O)NCCOC(=O)C(=C)C. The monoisotopic (exact) mass is 503 g/mol. The van der Waals surface area contributed by atoms with Crippen LogP contribution in [0.5, 0.6) is 0 Å². The molecule has 0 fully saturated rings. The minimum atomic E-state index is -0.886. The van der Waals surface area contributed by atoms with E-state index in [9.17, 15) is 19.2 Å². The van der Waals surface area contributed by atoms with Gasteiger partial charge in [0.05, 0.1) is 19.8 Å². The first kappa shape index (κ1) is 31.4. The normalized spacial score (nSPS) is 10.1. The summed E-state index contributed by atoms with van der Waals surface area (Å²) in [5.74, 6) is -1.23. The fourth-order valence-electron chi connectivity index (χ4n) is 1.79. The van der Waals surface area contributed by atoms with Crippen LogP contribution in [0.15, 0.2) is 36.8 Å². The molecular formula is C22H33NO12. The molecule has 0 bridgehead atoms. The largest absolute Gasteiger partial charge is 0.469 e. The van der Waals surface area contributed by atoms with Crippen LogP contribution in [0.4, 0.5) is 4.79 Å². The highest BCUT2D eigenvalue weighted by Gasteiger charge is 2.16. The van der Waals surface area contributed by atoms with Gasteiger partial charge in [0.15, 0.2) is 19.7 Å². The Balaban J connectivity index is 4.46. The molecule has 0 aliphatic heterocycles. The Morgan fingerprint density at radius 3 is 1.66 bits per heavy atom. The smallest absolute Gasteiger partial charge is 0.407 e. The second kappa shape index (κ2) is 18.8. The molecule has 0 radical (unpaired) electrons. The standard InChI is InChI=1S/C22H33NO12/c1-15(2)21(26)30-8-7-23-22(27)35-20(11-28-13-33-16(3)9-31-18(5)24)12-29-14-34-17(4)10-32-19(6)25/h20H,1,3-4,7-14H2,2,5-6H3,(H,23,27). The average Bonchev–Trinajstić information content (AvgIpc) is 2.78. The van der Waals surface area contributed by atoms with Crippen LogP contribution in [-0.2, 0) is 52.3 Å². The van der Waals surface area contributed by atoms with E-state index in [1.54, 1.807) is 0 Å². The second-order valence-corrected chi connectivity index (χ2v) is 6.77. The molecule has 1 N–H and O–H groups in total. The molecule has 35 heavy (non-hydrogen) atoms. The molecule has 0 saturated carbocycles. The lowest BCUT2D eigenvalue weighted by Gasteiger charge is -2.19. The van der Waals surface area contributed by atoms with E-state index < -0.39 is 30.1 Å². The molecule has 0 aromatic heterocycles. The molecular weight excluding hydrogens is 470 g/mol. The van der Waals surface area contributed by atoms with E-state index in [-0.39, 0.29) is 70.3 Å². The number of ether oxygens (including phenoxy) is 8. The molecule has 0 unspecified atom stereocenters. The van der Waals surface area contributed by atoms with E-state index in [0.717, 1.165) is 0 Å². The Bertz CT molecular complexity index is 711. The van der Waals surface area contributed by atoms with E-state index in [2.05, 4.69) is 25.1 Å². The fraction of sp³-hybridized carbons (Fsp3) is 0.545. The zero-order valence-corrected chi connectivity index (χ0v) is 20.3. The first-order chi connectivity index (χ1) is 16.5. The van der Waals surface area contributed by atoms with Gasteiger partial charge in [-0.3, -0.25) is 9.59 Å². The van der Waals surface area contributed by atoms with E-state index >= 15 is 0 Å². The van der Waals surface area contributed by atoms with Crippen molar-refractivity contribution >= 4 is 24.0 Å². The molecule has 0 spiro atoms. The highest BCUT2D eigenvalue weighted by molar-refractivity contribution is 5.86. The van der Waals surface area contributed by atoms with E-state index in [4.69, 9.17) is 37.9 Å². The summed E-state index contributed by atoms with van der Waals surface area (Å²) in [6.07, 6.45) is -1.70. The Hall–Kier alpha value is -3.58. The van der Waals surface area contributed by atoms with Gasteiger partial charge in [0.25, 0.3) is 0 Å². The predicted molar refractivity (Wildman–Crippen MR) is 119 cm³/mol. The van der Waals surface area contributed by atoms with Crippen molar-refractivity contribution in [2.75, 3.05) is 53.2 Å². The molecule has 0 aromatic rings. The maximum atomic E-state index is 12.0. The van der Waals surface area contributed by atoms with Crippen LogP contribution in [0.3, 0.4) is 0 Å². The molecule has 0 aliphatic rings. The number of rotatable bonds is 19. The fourth-order valence-corrected chi connectivity index (χ4v) is 1.79. The van der Waals surface area contributed by atoms with Crippen molar-refractivity contribution in [2.45, 2.75) is 26.9 Å². The molecule has 0 saturated heterocycles. The number of carbonyl (C=O) groups is 4. The van der Waals surface area contributed by atoms with Crippen molar-refractivity contribution in [3.63, 3.8) is 0 Å². The summed E-state index contributed by atoms with van der Waals surface area (Å²) < 4.78 is 40.4. The maximum Gasteiger partial charge on any atom is 0.407 e. The molecule has 13 nitrogen and oxygen atoms in total. The molecule has 0 heterocycles. The van der Waals surface area contributed by atoms with Gasteiger partial charge in [-0.25, -0.2) is 9.59 Å². The lowest BCUT2D eigenvalue weighted by molar-refractivity contribution is -0.142. The van der Waals surface area contributed by atoms with E-state index in [0.29, 0.717) is 0 Å². The van der Waals surface area contributed by atoms with Crippen LogP contribution in [0.1, 0.15) is 20.8 Å². The molecule has 0 aromatic carbocycles. The summed E-state index contributed by atoms with van der Waals surface area (Å²) in [6.45, 7) is 13.5. The Kier molecular flexibility index (Phi) is 16.9. The van der Waals surface area contributed by atoms with Crippen molar-refractivity contribution in [1.29, 1.82) is 0 Å². The van der Waals surface area contributed by atoms with Gasteiger partial charge < -0.3 is 43.2 Å². The van der Waals surface area contributed by atoms with Gasteiger partial charge in [-0.1, -0.05) is 19.7 Å². The predicted octanol–water partition coefficient (Wildman–Crippen LogP) is 1.34. The van der Waals surface area contributed by atoms with Crippen LogP contribution in [0.2, 0.25) is 0 Å². The van der Waals surface area contributed by atoms with Crippen molar-refractivity contribution < 1.29 is 57.1 Å². The van der Waals surface area contributed by atoms with Crippen LogP contribution in [-0.4, -0.2) is 83.3 Å². The molecule has 0 atom stereocenters.